The molecular weight excluding hydrogens is 354 g/mol. The number of benzene rings is 2. The number of hydrogen-bond donors (Lipinski definition) is 2. The molecule has 142 valence electrons. The van der Waals surface area contributed by atoms with E-state index in [2.05, 4.69) is 15.3 Å². The van der Waals surface area contributed by atoms with Crippen molar-refractivity contribution in [1.82, 2.24) is 15.3 Å². The molecule has 0 aliphatic heterocycles. The number of H-pyrrole nitrogens is 1. The molecule has 28 heavy (non-hydrogen) atoms. The highest BCUT2D eigenvalue weighted by Gasteiger charge is 2.20. The maximum Gasteiger partial charge on any atom is 0.270 e. The molecule has 4 aromatic rings. The van der Waals surface area contributed by atoms with Gasteiger partial charge in [-0.05, 0) is 17.7 Å². The largest absolute Gasteiger partial charge is 0.488 e. The molecule has 0 radical (unpaired) electrons. The predicted molar refractivity (Wildman–Crippen MR) is 108 cm³/mol. The lowest BCUT2D eigenvalue weighted by molar-refractivity contribution is 0.0953. The van der Waals surface area contributed by atoms with Crippen molar-refractivity contribution in [3.8, 4) is 5.75 Å². The number of pyridine rings is 1. The van der Waals surface area contributed by atoms with Gasteiger partial charge in [0.1, 0.15) is 18.1 Å². The van der Waals surface area contributed by atoms with Crippen LogP contribution in [0.5, 0.6) is 5.75 Å². The summed E-state index contributed by atoms with van der Waals surface area (Å²) >= 11 is 0. The summed E-state index contributed by atoms with van der Waals surface area (Å²) < 4.78 is 11.5. The van der Waals surface area contributed by atoms with Crippen LogP contribution in [-0.2, 0) is 18.0 Å². The molecule has 2 heterocycles. The quantitative estimate of drug-likeness (QED) is 0.537. The number of hydrogen-bond acceptors (Lipinski definition) is 4. The van der Waals surface area contributed by atoms with Gasteiger partial charge >= 0.3 is 0 Å². The van der Waals surface area contributed by atoms with Gasteiger partial charge in [-0.15, -0.1) is 0 Å². The molecule has 0 aliphatic rings. The number of fused-ring (bicyclic) bond motifs is 3. The summed E-state index contributed by atoms with van der Waals surface area (Å²) in [5.74, 6) is 0.505. The molecule has 6 heteroatoms. The highest BCUT2D eigenvalue weighted by molar-refractivity contribution is 6.14. The Hall–Kier alpha value is -3.38. The van der Waals surface area contributed by atoms with E-state index in [-0.39, 0.29) is 12.5 Å². The van der Waals surface area contributed by atoms with Gasteiger partial charge in [0.05, 0.1) is 23.8 Å². The van der Waals surface area contributed by atoms with E-state index in [4.69, 9.17) is 9.47 Å². The molecule has 6 nitrogen and oxygen atoms in total. The van der Waals surface area contributed by atoms with Crippen molar-refractivity contribution >= 4 is 27.7 Å². The molecule has 0 aliphatic carbocycles. The Labute approximate surface area is 162 Å². The third kappa shape index (κ3) is 3.18. The Kier molecular flexibility index (Phi) is 4.95. The van der Waals surface area contributed by atoms with Crippen LogP contribution < -0.4 is 10.1 Å². The molecule has 0 saturated carbocycles. The van der Waals surface area contributed by atoms with Gasteiger partial charge in [-0.1, -0.05) is 36.4 Å². The number of carbonyl (C=O) groups excluding carboxylic acids is 1. The third-order valence-electron chi connectivity index (χ3n) is 4.69. The SMILES string of the molecule is CNC(=O)c1ncc2[nH]c3cccc(OCc4ccccc4)c3c2c1COC. The Morgan fingerprint density at radius 2 is 1.86 bits per heavy atom. The first-order chi connectivity index (χ1) is 13.7. The standard InChI is InChI=1S/C22H21N3O3/c1-23-22(26)21-15(13-27-2)19-17(11-24-21)25-16-9-6-10-18(20(16)19)28-12-14-7-4-3-5-8-14/h3-11,25H,12-13H2,1-2H3,(H,23,26). The van der Waals surface area contributed by atoms with Crippen LogP contribution in [0, 0.1) is 0 Å². The molecule has 2 N–H and O–H groups in total. The van der Waals surface area contributed by atoms with Crippen molar-refractivity contribution in [1.29, 1.82) is 0 Å². The molecule has 0 saturated heterocycles. The minimum Gasteiger partial charge on any atom is -0.488 e. The first-order valence-electron chi connectivity index (χ1n) is 9.03. The molecule has 0 bridgehead atoms. The first kappa shape index (κ1) is 18.0. The van der Waals surface area contributed by atoms with E-state index in [1.54, 1.807) is 20.4 Å². The van der Waals surface area contributed by atoms with E-state index in [1.807, 2.05) is 48.5 Å². The number of aromatic nitrogens is 2. The Bertz CT molecular complexity index is 1140. The number of carbonyl (C=O) groups is 1. The number of rotatable bonds is 6. The fourth-order valence-electron chi connectivity index (χ4n) is 3.43. The van der Waals surface area contributed by atoms with E-state index in [0.29, 0.717) is 12.3 Å². The van der Waals surface area contributed by atoms with Crippen molar-refractivity contribution in [2.24, 2.45) is 0 Å². The van der Waals surface area contributed by atoms with Crippen molar-refractivity contribution in [2.45, 2.75) is 13.2 Å². The lowest BCUT2D eigenvalue weighted by atomic mass is 10.0. The second-order valence-electron chi connectivity index (χ2n) is 6.46. The van der Waals surface area contributed by atoms with E-state index < -0.39 is 0 Å². The van der Waals surface area contributed by atoms with Gasteiger partial charge in [-0.25, -0.2) is 4.98 Å². The fraction of sp³-hybridized carbons (Fsp3) is 0.182. The topological polar surface area (TPSA) is 76.2 Å². The van der Waals surface area contributed by atoms with Crippen LogP contribution in [0.25, 0.3) is 21.8 Å². The van der Waals surface area contributed by atoms with Crippen LogP contribution >= 0.6 is 0 Å². The number of nitrogens with zero attached hydrogens (tertiary/aromatic N) is 1. The number of ether oxygens (including phenoxy) is 2. The maximum atomic E-state index is 12.3. The zero-order valence-corrected chi connectivity index (χ0v) is 15.8. The zero-order valence-electron chi connectivity index (χ0n) is 15.8. The number of nitrogens with one attached hydrogen (secondary N) is 2. The first-order valence-corrected chi connectivity index (χ1v) is 9.03. The summed E-state index contributed by atoms with van der Waals surface area (Å²) in [7, 11) is 3.20. The number of amides is 1. The fourth-order valence-corrected chi connectivity index (χ4v) is 3.43. The number of aromatic amines is 1. The van der Waals surface area contributed by atoms with Crippen molar-refractivity contribution in [2.75, 3.05) is 14.2 Å². The van der Waals surface area contributed by atoms with Crippen LogP contribution in [0.2, 0.25) is 0 Å². The second-order valence-corrected chi connectivity index (χ2v) is 6.46. The van der Waals surface area contributed by atoms with E-state index in [1.165, 1.54) is 0 Å². The predicted octanol–water partition coefficient (Wildman–Crippen LogP) is 3.80. The molecule has 0 unspecified atom stereocenters. The molecule has 2 aromatic heterocycles. The summed E-state index contributed by atoms with van der Waals surface area (Å²) in [6.45, 7) is 0.729. The number of methoxy groups -OCH3 is 1. The molecule has 0 fully saturated rings. The molecule has 2 aromatic carbocycles. The van der Waals surface area contributed by atoms with Crippen molar-refractivity contribution < 1.29 is 14.3 Å². The smallest absolute Gasteiger partial charge is 0.270 e. The molecule has 0 spiro atoms. The highest BCUT2D eigenvalue weighted by atomic mass is 16.5. The maximum absolute atomic E-state index is 12.3. The van der Waals surface area contributed by atoms with E-state index >= 15 is 0 Å². The van der Waals surface area contributed by atoms with Crippen LogP contribution in [0.1, 0.15) is 21.6 Å². The third-order valence-corrected chi connectivity index (χ3v) is 4.69. The van der Waals surface area contributed by atoms with Gasteiger partial charge in [-0.3, -0.25) is 4.79 Å². The molecule has 0 atom stereocenters. The molecule has 4 rings (SSSR count). The van der Waals surface area contributed by atoms with Crippen molar-refractivity contribution in [3.05, 3.63) is 71.5 Å². The minimum atomic E-state index is -0.244. The van der Waals surface area contributed by atoms with Gasteiger partial charge in [0.2, 0.25) is 0 Å². The van der Waals surface area contributed by atoms with Gasteiger partial charge in [0.15, 0.2) is 0 Å². The zero-order chi connectivity index (χ0) is 19.5. The molecular formula is C22H21N3O3. The summed E-state index contributed by atoms with van der Waals surface area (Å²) in [6.07, 6.45) is 1.68. The van der Waals surface area contributed by atoms with Crippen LogP contribution in [0.4, 0.5) is 0 Å². The van der Waals surface area contributed by atoms with E-state index in [9.17, 15) is 4.79 Å². The van der Waals surface area contributed by atoms with E-state index in [0.717, 1.165) is 38.7 Å². The lowest BCUT2D eigenvalue weighted by Gasteiger charge is -2.11. The van der Waals surface area contributed by atoms with Gasteiger partial charge in [0.25, 0.3) is 5.91 Å². The minimum absolute atomic E-state index is 0.244. The van der Waals surface area contributed by atoms with Gasteiger partial charge < -0.3 is 19.8 Å². The monoisotopic (exact) mass is 375 g/mol. The Morgan fingerprint density at radius 3 is 2.61 bits per heavy atom. The van der Waals surface area contributed by atoms with Gasteiger partial charge in [0, 0.05) is 30.5 Å². The summed E-state index contributed by atoms with van der Waals surface area (Å²) in [5.41, 5.74) is 3.94. The average Bonchev–Trinajstić information content (AvgIpc) is 3.12. The Morgan fingerprint density at radius 1 is 1.04 bits per heavy atom. The Balaban J connectivity index is 1.89. The molecule has 1 amide bonds. The average molecular weight is 375 g/mol. The van der Waals surface area contributed by atoms with Crippen LogP contribution in [0.15, 0.2) is 54.7 Å². The van der Waals surface area contributed by atoms with Crippen LogP contribution in [-0.4, -0.2) is 30.0 Å². The van der Waals surface area contributed by atoms with Crippen LogP contribution in [0.3, 0.4) is 0 Å². The summed E-state index contributed by atoms with van der Waals surface area (Å²) in [5, 5.41) is 4.47. The van der Waals surface area contributed by atoms with Crippen molar-refractivity contribution in [3.63, 3.8) is 0 Å². The summed E-state index contributed by atoms with van der Waals surface area (Å²) in [6, 6.07) is 15.9. The highest BCUT2D eigenvalue weighted by Crippen LogP contribution is 2.36. The normalized spacial score (nSPS) is 11.1. The lowest BCUT2D eigenvalue weighted by Crippen LogP contribution is -2.21. The van der Waals surface area contributed by atoms with Gasteiger partial charge in [-0.2, -0.15) is 0 Å². The summed E-state index contributed by atoms with van der Waals surface area (Å²) in [4.78, 5) is 20.1. The second kappa shape index (κ2) is 7.70.